The van der Waals surface area contributed by atoms with Gasteiger partial charge < -0.3 is 0 Å². The summed E-state index contributed by atoms with van der Waals surface area (Å²) >= 11 is 0. The van der Waals surface area contributed by atoms with Crippen molar-refractivity contribution in [1.29, 1.82) is 0 Å². The van der Waals surface area contributed by atoms with Crippen LogP contribution in [0.25, 0.3) is 0 Å². The summed E-state index contributed by atoms with van der Waals surface area (Å²) in [5.74, 6) is 0. The van der Waals surface area contributed by atoms with Crippen molar-refractivity contribution in [2.24, 2.45) is 0 Å². The van der Waals surface area contributed by atoms with Gasteiger partial charge in [-0.15, -0.1) is 5.73 Å². The average molecular weight is 160 g/mol. The second-order valence-electron chi connectivity index (χ2n) is 2.03. The quantitative estimate of drug-likeness (QED) is 0.426. The van der Waals surface area contributed by atoms with E-state index in [4.69, 9.17) is 0 Å². The van der Waals surface area contributed by atoms with Crippen LogP contribution in [-0.2, 0) is 0 Å². The smallest absolute Gasteiger partial charge is 0.0233 e. The lowest BCUT2D eigenvalue weighted by molar-refractivity contribution is 1.50. The Balaban J connectivity index is 0.000000561. The predicted molar refractivity (Wildman–Crippen MR) is 56.0 cm³/mol. The number of rotatable bonds is 2. The molecule has 0 amide bonds. The SMILES string of the molecule is C=C/C(=C\C)C1=C=CC=C1.CC. The third-order valence-corrected chi connectivity index (χ3v) is 1.44. The first-order valence-electron chi connectivity index (χ1n) is 4.31. The first-order chi connectivity index (χ1) is 5.88. The van der Waals surface area contributed by atoms with Crippen molar-refractivity contribution in [3.63, 3.8) is 0 Å². The molecule has 0 aromatic heterocycles. The molecule has 0 aromatic carbocycles. The topological polar surface area (TPSA) is 0 Å². The van der Waals surface area contributed by atoms with Gasteiger partial charge in [-0.2, -0.15) is 0 Å². The molecule has 0 saturated heterocycles. The highest BCUT2D eigenvalue weighted by molar-refractivity contribution is 5.48. The van der Waals surface area contributed by atoms with Gasteiger partial charge >= 0.3 is 0 Å². The third-order valence-electron chi connectivity index (χ3n) is 1.44. The molecule has 0 fully saturated rings. The van der Waals surface area contributed by atoms with E-state index in [0.717, 1.165) is 11.1 Å². The fourth-order valence-corrected chi connectivity index (χ4v) is 0.893. The molecule has 64 valence electrons. The van der Waals surface area contributed by atoms with Gasteiger partial charge in [-0.3, -0.25) is 0 Å². The second-order valence-corrected chi connectivity index (χ2v) is 2.03. The lowest BCUT2D eigenvalue weighted by Gasteiger charge is -1.94. The molecule has 0 unspecified atom stereocenters. The number of hydrogen-bond acceptors (Lipinski definition) is 0. The fourth-order valence-electron chi connectivity index (χ4n) is 0.893. The highest BCUT2D eigenvalue weighted by atomic mass is 14.0. The lowest BCUT2D eigenvalue weighted by Crippen LogP contribution is -1.76. The monoisotopic (exact) mass is 160 g/mol. The third kappa shape index (κ3) is 2.77. The van der Waals surface area contributed by atoms with E-state index in [0.29, 0.717) is 0 Å². The van der Waals surface area contributed by atoms with Gasteiger partial charge in [0.2, 0.25) is 0 Å². The summed E-state index contributed by atoms with van der Waals surface area (Å²) in [6, 6.07) is 0. The van der Waals surface area contributed by atoms with Gasteiger partial charge in [0.1, 0.15) is 0 Å². The van der Waals surface area contributed by atoms with E-state index >= 15 is 0 Å². The van der Waals surface area contributed by atoms with Crippen LogP contribution in [0.4, 0.5) is 0 Å². The maximum Gasteiger partial charge on any atom is 0.0233 e. The van der Waals surface area contributed by atoms with Gasteiger partial charge in [-0.25, -0.2) is 0 Å². The summed E-state index contributed by atoms with van der Waals surface area (Å²) in [6.07, 6.45) is 9.77. The molecule has 0 heterocycles. The molecule has 0 aliphatic heterocycles. The Morgan fingerprint density at radius 3 is 2.50 bits per heavy atom. The fraction of sp³-hybridized carbons (Fsp3) is 0.250. The minimum absolute atomic E-state index is 1.12. The molecule has 0 heteroatoms. The number of allylic oxidation sites excluding steroid dienone is 6. The molecule has 0 spiro atoms. The van der Waals surface area contributed by atoms with Gasteiger partial charge in [0.05, 0.1) is 0 Å². The van der Waals surface area contributed by atoms with E-state index in [2.05, 4.69) is 12.3 Å². The summed E-state index contributed by atoms with van der Waals surface area (Å²) < 4.78 is 0. The Kier molecular flexibility index (Phi) is 5.77. The summed E-state index contributed by atoms with van der Waals surface area (Å²) in [4.78, 5) is 0. The van der Waals surface area contributed by atoms with Crippen LogP contribution in [0.15, 0.2) is 53.8 Å². The van der Waals surface area contributed by atoms with E-state index in [-0.39, 0.29) is 0 Å². The van der Waals surface area contributed by atoms with E-state index < -0.39 is 0 Å². The molecule has 1 aliphatic rings. The maximum absolute atomic E-state index is 3.70. The van der Waals surface area contributed by atoms with Crippen LogP contribution in [0, 0.1) is 0 Å². The van der Waals surface area contributed by atoms with Crippen molar-refractivity contribution < 1.29 is 0 Å². The van der Waals surface area contributed by atoms with Crippen LogP contribution in [0.3, 0.4) is 0 Å². The van der Waals surface area contributed by atoms with Crippen LogP contribution in [0.5, 0.6) is 0 Å². The van der Waals surface area contributed by atoms with Crippen molar-refractivity contribution in [3.8, 4) is 0 Å². The summed E-state index contributed by atoms with van der Waals surface area (Å²) in [5, 5.41) is 0. The molecule has 0 saturated carbocycles. The highest BCUT2D eigenvalue weighted by Crippen LogP contribution is 2.13. The summed E-state index contributed by atoms with van der Waals surface area (Å²) in [7, 11) is 0. The first-order valence-corrected chi connectivity index (χ1v) is 4.31. The molecule has 1 aliphatic carbocycles. The van der Waals surface area contributed by atoms with Crippen LogP contribution >= 0.6 is 0 Å². The van der Waals surface area contributed by atoms with Gasteiger partial charge in [0, 0.05) is 5.57 Å². The Bertz CT molecular complexity index is 256. The standard InChI is InChI=1S/C10H10.C2H6/c1-3-9(4-2)10-7-5-6-8-10;1-2/h3-7H,1H2,2H3;1-2H3/b9-4+;. The molecular weight excluding hydrogens is 144 g/mol. The van der Waals surface area contributed by atoms with E-state index in [1.807, 2.05) is 51.2 Å². The first kappa shape index (κ1) is 10.7. The van der Waals surface area contributed by atoms with E-state index in [1.165, 1.54) is 0 Å². The van der Waals surface area contributed by atoms with Gasteiger partial charge in [0.25, 0.3) is 0 Å². The molecule has 0 atom stereocenters. The van der Waals surface area contributed by atoms with Crippen LogP contribution in [0.1, 0.15) is 20.8 Å². The van der Waals surface area contributed by atoms with E-state index in [9.17, 15) is 0 Å². The second kappa shape index (κ2) is 6.45. The van der Waals surface area contributed by atoms with Crippen molar-refractivity contribution in [1.82, 2.24) is 0 Å². The Morgan fingerprint density at radius 2 is 2.17 bits per heavy atom. The molecule has 0 radical (unpaired) electrons. The Labute approximate surface area is 75.3 Å². The highest BCUT2D eigenvalue weighted by Gasteiger charge is 1.95. The van der Waals surface area contributed by atoms with Crippen molar-refractivity contribution in [3.05, 3.63) is 53.8 Å². The van der Waals surface area contributed by atoms with Gasteiger partial charge in [-0.05, 0) is 24.6 Å². The van der Waals surface area contributed by atoms with Gasteiger partial charge in [0.15, 0.2) is 0 Å². The molecule has 0 nitrogen and oxygen atoms in total. The minimum Gasteiger partial charge on any atom is -0.112 e. The Morgan fingerprint density at radius 1 is 1.50 bits per heavy atom. The molecule has 0 N–H and O–H groups in total. The van der Waals surface area contributed by atoms with Crippen LogP contribution < -0.4 is 0 Å². The van der Waals surface area contributed by atoms with Crippen molar-refractivity contribution >= 4 is 0 Å². The van der Waals surface area contributed by atoms with E-state index in [1.54, 1.807) is 0 Å². The molecule has 0 aromatic rings. The van der Waals surface area contributed by atoms with Crippen LogP contribution in [-0.4, -0.2) is 0 Å². The Hall–Kier alpha value is -1.26. The predicted octanol–water partition coefficient (Wildman–Crippen LogP) is 3.80. The molecule has 0 bridgehead atoms. The minimum atomic E-state index is 1.12. The summed E-state index contributed by atoms with van der Waals surface area (Å²) in [5.41, 5.74) is 5.37. The largest absolute Gasteiger partial charge is 0.112 e. The van der Waals surface area contributed by atoms with Crippen LogP contribution in [0.2, 0.25) is 0 Å². The molecule has 1 rings (SSSR count). The zero-order valence-corrected chi connectivity index (χ0v) is 8.09. The zero-order valence-electron chi connectivity index (χ0n) is 8.09. The average Bonchev–Trinajstić information content (AvgIpc) is 2.64. The lowest BCUT2D eigenvalue weighted by atomic mass is 10.1. The molecule has 12 heavy (non-hydrogen) atoms. The zero-order chi connectivity index (χ0) is 9.40. The van der Waals surface area contributed by atoms with Crippen molar-refractivity contribution in [2.75, 3.05) is 0 Å². The summed E-state index contributed by atoms with van der Waals surface area (Å²) in [6.45, 7) is 9.70. The van der Waals surface area contributed by atoms with Gasteiger partial charge in [-0.1, -0.05) is 38.7 Å². The van der Waals surface area contributed by atoms with Crippen molar-refractivity contribution in [2.45, 2.75) is 20.8 Å². The maximum atomic E-state index is 3.70. The molecular formula is C12H16. The normalized spacial score (nSPS) is 13.6. The number of hydrogen-bond donors (Lipinski definition) is 0.